The lowest BCUT2D eigenvalue weighted by Crippen LogP contribution is -2.39. The van der Waals surface area contributed by atoms with Gasteiger partial charge in [-0.15, -0.1) is 0 Å². The maximum absolute atomic E-state index is 10.9. The molecule has 0 heterocycles. The first-order valence-corrected chi connectivity index (χ1v) is 9.80. The third kappa shape index (κ3) is 4.75. The molecule has 0 aromatic heterocycles. The van der Waals surface area contributed by atoms with Gasteiger partial charge in [-0.2, -0.15) is 0 Å². The second-order valence-electron chi connectivity index (χ2n) is 7.48. The largest absolute Gasteiger partial charge is 0.493 e. The molecular formula is C22H28ClNO3. The highest BCUT2D eigenvalue weighted by atomic mass is 35.5. The molecule has 1 aliphatic carbocycles. The van der Waals surface area contributed by atoms with Gasteiger partial charge in [0.05, 0.1) is 14.2 Å². The van der Waals surface area contributed by atoms with Crippen LogP contribution < -0.4 is 15.2 Å². The van der Waals surface area contributed by atoms with Crippen LogP contribution in [0.2, 0.25) is 5.02 Å². The average molecular weight is 390 g/mol. The normalized spacial score (nSPS) is 22.1. The predicted octanol–water partition coefficient (Wildman–Crippen LogP) is 4.83. The molecule has 4 nitrogen and oxygen atoms in total. The molecule has 5 heteroatoms. The summed E-state index contributed by atoms with van der Waals surface area (Å²) in [7, 11) is 3.30. The van der Waals surface area contributed by atoms with Crippen LogP contribution in [0.5, 0.6) is 11.5 Å². The molecule has 1 fully saturated rings. The molecule has 0 radical (unpaired) electrons. The minimum absolute atomic E-state index is 0.353. The standard InChI is InChI=1S/C22H28ClNO3/c1-26-20-10-9-17(12-21(20)27-2)16-6-3-5-15(11-16)14-22(24,25)18-7-4-8-19(23)13-18/h4,7-10,12-13,15-16,25H,3,5-6,11,14,24H2,1-2H3/t15?,16?,22-/m1/s1. The van der Waals surface area contributed by atoms with Gasteiger partial charge in [0.2, 0.25) is 0 Å². The van der Waals surface area contributed by atoms with E-state index in [-0.39, 0.29) is 0 Å². The Hall–Kier alpha value is -1.75. The number of nitrogens with two attached hydrogens (primary N) is 1. The van der Waals surface area contributed by atoms with Crippen LogP contribution in [0.4, 0.5) is 0 Å². The third-order valence-electron chi connectivity index (χ3n) is 5.59. The molecule has 3 N–H and O–H groups in total. The van der Waals surface area contributed by atoms with Gasteiger partial charge in [0, 0.05) is 5.02 Å². The van der Waals surface area contributed by atoms with E-state index < -0.39 is 5.72 Å². The lowest BCUT2D eigenvalue weighted by atomic mass is 9.74. The van der Waals surface area contributed by atoms with E-state index in [0.717, 1.165) is 37.2 Å². The van der Waals surface area contributed by atoms with Crippen LogP contribution in [0.25, 0.3) is 0 Å². The second kappa shape index (κ2) is 8.51. The highest BCUT2D eigenvalue weighted by Crippen LogP contribution is 2.42. The Labute approximate surface area is 166 Å². The van der Waals surface area contributed by atoms with Gasteiger partial charge in [-0.05, 0) is 66.5 Å². The first kappa shape index (κ1) is 20.0. The van der Waals surface area contributed by atoms with Crippen molar-refractivity contribution in [3.63, 3.8) is 0 Å². The fraction of sp³-hybridized carbons (Fsp3) is 0.455. The molecule has 146 valence electrons. The van der Waals surface area contributed by atoms with Gasteiger partial charge >= 0.3 is 0 Å². The van der Waals surface area contributed by atoms with E-state index in [9.17, 15) is 5.11 Å². The zero-order valence-electron chi connectivity index (χ0n) is 16.0. The Bertz CT molecular complexity index is 778. The Kier molecular flexibility index (Phi) is 6.30. The summed E-state index contributed by atoms with van der Waals surface area (Å²) in [6.07, 6.45) is 4.85. The number of rotatable bonds is 6. The summed E-state index contributed by atoms with van der Waals surface area (Å²) < 4.78 is 10.8. The summed E-state index contributed by atoms with van der Waals surface area (Å²) in [5, 5.41) is 11.4. The van der Waals surface area contributed by atoms with Crippen LogP contribution in [0, 0.1) is 5.92 Å². The fourth-order valence-electron chi connectivity index (χ4n) is 4.20. The van der Waals surface area contributed by atoms with Gasteiger partial charge in [0.25, 0.3) is 0 Å². The molecule has 2 aromatic carbocycles. The topological polar surface area (TPSA) is 64.7 Å². The molecule has 0 aliphatic heterocycles. The van der Waals surface area contributed by atoms with Crippen LogP contribution in [-0.4, -0.2) is 19.3 Å². The predicted molar refractivity (Wildman–Crippen MR) is 108 cm³/mol. The van der Waals surface area contributed by atoms with Gasteiger partial charge in [0.1, 0.15) is 5.72 Å². The molecule has 0 saturated heterocycles. The maximum Gasteiger partial charge on any atom is 0.160 e. The molecule has 0 spiro atoms. The molecule has 3 atom stereocenters. The lowest BCUT2D eigenvalue weighted by Gasteiger charge is -2.34. The number of benzene rings is 2. The van der Waals surface area contributed by atoms with Crippen LogP contribution >= 0.6 is 11.6 Å². The Balaban J connectivity index is 1.72. The SMILES string of the molecule is COc1ccc(C2CCCC(C[C@@](N)(O)c3cccc(Cl)c3)C2)cc1OC. The van der Waals surface area contributed by atoms with Crippen LogP contribution in [0.3, 0.4) is 0 Å². The quantitative estimate of drug-likeness (QED) is 0.695. The van der Waals surface area contributed by atoms with E-state index in [1.165, 1.54) is 5.56 Å². The summed E-state index contributed by atoms with van der Waals surface area (Å²) in [5.41, 5.74) is 6.82. The summed E-state index contributed by atoms with van der Waals surface area (Å²) >= 11 is 6.06. The van der Waals surface area contributed by atoms with Crippen molar-refractivity contribution in [2.24, 2.45) is 11.7 Å². The summed E-state index contributed by atoms with van der Waals surface area (Å²) in [6.45, 7) is 0. The van der Waals surface area contributed by atoms with Crippen molar-refractivity contribution in [1.82, 2.24) is 0 Å². The number of ether oxygens (including phenoxy) is 2. The smallest absolute Gasteiger partial charge is 0.160 e. The zero-order valence-corrected chi connectivity index (χ0v) is 16.7. The van der Waals surface area contributed by atoms with Crippen molar-refractivity contribution in [2.45, 2.75) is 43.7 Å². The van der Waals surface area contributed by atoms with Gasteiger partial charge in [-0.1, -0.05) is 42.6 Å². The van der Waals surface area contributed by atoms with E-state index >= 15 is 0 Å². The molecule has 0 amide bonds. The molecule has 2 aromatic rings. The number of halogens is 1. The Morgan fingerprint density at radius 1 is 1.11 bits per heavy atom. The van der Waals surface area contributed by atoms with E-state index in [0.29, 0.717) is 28.8 Å². The Morgan fingerprint density at radius 2 is 1.89 bits per heavy atom. The fourth-order valence-corrected chi connectivity index (χ4v) is 4.39. The van der Waals surface area contributed by atoms with E-state index in [1.807, 2.05) is 18.2 Å². The van der Waals surface area contributed by atoms with Crippen molar-refractivity contribution in [3.8, 4) is 11.5 Å². The van der Waals surface area contributed by atoms with Gasteiger partial charge in [0.15, 0.2) is 11.5 Å². The van der Waals surface area contributed by atoms with Crippen LogP contribution in [0.15, 0.2) is 42.5 Å². The minimum Gasteiger partial charge on any atom is -0.493 e. The zero-order chi connectivity index (χ0) is 19.4. The monoisotopic (exact) mass is 389 g/mol. The molecule has 0 bridgehead atoms. The van der Waals surface area contributed by atoms with Crippen LogP contribution in [0.1, 0.15) is 49.1 Å². The van der Waals surface area contributed by atoms with E-state index in [1.54, 1.807) is 26.4 Å². The van der Waals surface area contributed by atoms with Crippen molar-refractivity contribution in [3.05, 3.63) is 58.6 Å². The van der Waals surface area contributed by atoms with Crippen molar-refractivity contribution in [2.75, 3.05) is 14.2 Å². The highest BCUT2D eigenvalue weighted by Gasteiger charge is 2.32. The van der Waals surface area contributed by atoms with E-state index in [4.69, 9.17) is 26.8 Å². The molecule has 1 aliphatic rings. The molecule has 1 saturated carbocycles. The van der Waals surface area contributed by atoms with Crippen LogP contribution in [-0.2, 0) is 5.72 Å². The summed E-state index contributed by atoms with van der Waals surface area (Å²) in [5.74, 6) is 2.28. The molecular weight excluding hydrogens is 362 g/mol. The highest BCUT2D eigenvalue weighted by molar-refractivity contribution is 6.30. The first-order chi connectivity index (χ1) is 12.9. The van der Waals surface area contributed by atoms with Crippen molar-refractivity contribution >= 4 is 11.6 Å². The second-order valence-corrected chi connectivity index (χ2v) is 7.92. The van der Waals surface area contributed by atoms with Gasteiger partial charge in [-0.3, -0.25) is 5.73 Å². The number of aliphatic hydroxyl groups is 1. The van der Waals surface area contributed by atoms with E-state index in [2.05, 4.69) is 12.1 Å². The number of hydrogen-bond acceptors (Lipinski definition) is 4. The summed E-state index contributed by atoms with van der Waals surface area (Å²) in [6, 6.07) is 13.3. The van der Waals surface area contributed by atoms with Crippen molar-refractivity contribution < 1.29 is 14.6 Å². The average Bonchev–Trinajstić information content (AvgIpc) is 2.67. The molecule has 3 rings (SSSR count). The molecule has 2 unspecified atom stereocenters. The number of hydrogen-bond donors (Lipinski definition) is 2. The Morgan fingerprint density at radius 3 is 2.59 bits per heavy atom. The molecule has 27 heavy (non-hydrogen) atoms. The number of methoxy groups -OCH3 is 2. The van der Waals surface area contributed by atoms with Gasteiger partial charge < -0.3 is 14.6 Å². The third-order valence-corrected chi connectivity index (χ3v) is 5.82. The first-order valence-electron chi connectivity index (χ1n) is 9.42. The van der Waals surface area contributed by atoms with Crippen molar-refractivity contribution in [1.29, 1.82) is 0 Å². The summed E-state index contributed by atoms with van der Waals surface area (Å²) in [4.78, 5) is 0. The minimum atomic E-state index is -1.37. The van der Waals surface area contributed by atoms with Gasteiger partial charge in [-0.25, -0.2) is 0 Å². The lowest BCUT2D eigenvalue weighted by molar-refractivity contribution is 0.0100. The maximum atomic E-state index is 10.9.